The predicted molar refractivity (Wildman–Crippen MR) is 97.0 cm³/mol. The average molecular weight is 349 g/mol. The lowest BCUT2D eigenvalue weighted by atomic mass is 10.1. The number of hydrogen-bond acceptors (Lipinski definition) is 4. The maximum absolute atomic E-state index is 11.6. The van der Waals surface area contributed by atoms with Gasteiger partial charge in [-0.2, -0.15) is 0 Å². The zero-order valence-corrected chi connectivity index (χ0v) is 14.3. The molecule has 1 aromatic carbocycles. The number of benzene rings is 1. The van der Waals surface area contributed by atoms with Gasteiger partial charge in [-0.15, -0.1) is 0 Å². The van der Waals surface area contributed by atoms with Crippen molar-refractivity contribution in [1.29, 1.82) is 0 Å². The van der Waals surface area contributed by atoms with Gasteiger partial charge in [0.25, 0.3) is 0 Å². The summed E-state index contributed by atoms with van der Waals surface area (Å²) in [4.78, 5) is 8.90. The fourth-order valence-corrected chi connectivity index (χ4v) is 3.40. The Morgan fingerprint density at radius 2 is 1.64 bits per heavy atom. The fourth-order valence-electron chi connectivity index (χ4n) is 2.77. The third kappa shape index (κ3) is 2.92. The van der Waals surface area contributed by atoms with Crippen molar-refractivity contribution in [3.63, 3.8) is 0 Å². The summed E-state index contributed by atoms with van der Waals surface area (Å²) in [6, 6.07) is 14.7. The molecule has 0 atom stereocenters. The van der Waals surface area contributed by atoms with E-state index in [4.69, 9.17) is 0 Å². The second-order valence-corrected chi connectivity index (χ2v) is 7.84. The first-order valence-corrected chi connectivity index (χ1v) is 9.59. The van der Waals surface area contributed by atoms with E-state index in [2.05, 4.69) is 9.97 Å². The van der Waals surface area contributed by atoms with Crippen LogP contribution in [0, 0.1) is 0 Å². The van der Waals surface area contributed by atoms with Gasteiger partial charge in [-0.3, -0.25) is 9.38 Å². The zero-order chi connectivity index (χ0) is 17.4. The highest BCUT2D eigenvalue weighted by molar-refractivity contribution is 7.90. The van der Waals surface area contributed by atoms with E-state index in [0.717, 1.165) is 28.0 Å². The van der Waals surface area contributed by atoms with Gasteiger partial charge in [0.15, 0.2) is 9.84 Å². The van der Waals surface area contributed by atoms with Crippen molar-refractivity contribution in [2.24, 2.45) is 0 Å². The van der Waals surface area contributed by atoms with Crippen molar-refractivity contribution < 1.29 is 8.42 Å². The Kier molecular flexibility index (Phi) is 3.62. The standard InChI is InChI=1S/C19H15N3O2S/c1-25(23,24)17-7-4-14(5-8-17)18-12-21-19-9-6-16(13-22(18)19)15-3-2-10-20-11-15/h2-13H,1H3. The van der Waals surface area contributed by atoms with Crippen LogP contribution in [0.5, 0.6) is 0 Å². The molecule has 0 saturated carbocycles. The number of pyridine rings is 2. The summed E-state index contributed by atoms with van der Waals surface area (Å²) < 4.78 is 25.2. The van der Waals surface area contributed by atoms with E-state index < -0.39 is 9.84 Å². The third-order valence-corrected chi connectivity index (χ3v) is 5.21. The second-order valence-electron chi connectivity index (χ2n) is 5.83. The van der Waals surface area contributed by atoms with Crippen LogP contribution in [0.2, 0.25) is 0 Å². The molecule has 0 saturated heterocycles. The normalized spacial score (nSPS) is 11.7. The molecular formula is C19H15N3O2S. The Morgan fingerprint density at radius 3 is 2.32 bits per heavy atom. The molecule has 0 N–H and O–H groups in total. The molecule has 3 heterocycles. The molecule has 5 nitrogen and oxygen atoms in total. The lowest BCUT2D eigenvalue weighted by Gasteiger charge is -2.06. The summed E-state index contributed by atoms with van der Waals surface area (Å²) in [7, 11) is -3.20. The highest BCUT2D eigenvalue weighted by Gasteiger charge is 2.10. The molecule has 124 valence electrons. The topological polar surface area (TPSA) is 64.3 Å². The van der Waals surface area contributed by atoms with Gasteiger partial charge in [-0.25, -0.2) is 13.4 Å². The number of hydrogen-bond donors (Lipinski definition) is 0. The molecule has 4 rings (SSSR count). The summed E-state index contributed by atoms with van der Waals surface area (Å²) in [5.41, 5.74) is 4.70. The first kappa shape index (κ1) is 15.5. The Labute approximate surface area is 145 Å². The van der Waals surface area contributed by atoms with E-state index in [0.29, 0.717) is 4.90 Å². The van der Waals surface area contributed by atoms with Gasteiger partial charge in [-0.05, 0) is 30.3 Å². The van der Waals surface area contributed by atoms with Crippen molar-refractivity contribution in [1.82, 2.24) is 14.4 Å². The van der Waals surface area contributed by atoms with Gasteiger partial charge in [0.1, 0.15) is 5.65 Å². The number of fused-ring (bicyclic) bond motifs is 1. The molecule has 0 spiro atoms. The monoisotopic (exact) mass is 349 g/mol. The quantitative estimate of drug-likeness (QED) is 0.568. The zero-order valence-electron chi connectivity index (χ0n) is 13.5. The largest absolute Gasteiger partial charge is 0.299 e. The van der Waals surface area contributed by atoms with Gasteiger partial charge < -0.3 is 0 Å². The molecule has 6 heteroatoms. The Balaban J connectivity index is 1.83. The Bertz CT molecular complexity index is 1150. The number of nitrogens with zero attached hydrogens (tertiary/aromatic N) is 3. The number of aromatic nitrogens is 3. The fraction of sp³-hybridized carbons (Fsp3) is 0.0526. The van der Waals surface area contributed by atoms with Crippen molar-refractivity contribution in [3.05, 3.63) is 73.3 Å². The maximum atomic E-state index is 11.6. The van der Waals surface area contributed by atoms with E-state index in [1.807, 2.05) is 41.1 Å². The number of rotatable bonds is 3. The van der Waals surface area contributed by atoms with Gasteiger partial charge in [0.2, 0.25) is 0 Å². The van der Waals surface area contributed by atoms with E-state index in [9.17, 15) is 8.42 Å². The van der Waals surface area contributed by atoms with E-state index in [1.54, 1.807) is 36.7 Å². The first-order chi connectivity index (χ1) is 12.0. The van der Waals surface area contributed by atoms with Crippen LogP contribution in [0.3, 0.4) is 0 Å². The van der Waals surface area contributed by atoms with Crippen LogP contribution in [0.1, 0.15) is 0 Å². The van der Waals surface area contributed by atoms with Gasteiger partial charge in [0, 0.05) is 41.5 Å². The summed E-state index contributed by atoms with van der Waals surface area (Å²) >= 11 is 0. The molecule has 3 aromatic heterocycles. The van der Waals surface area contributed by atoms with Crippen LogP contribution >= 0.6 is 0 Å². The highest BCUT2D eigenvalue weighted by atomic mass is 32.2. The molecule has 0 fully saturated rings. The summed E-state index contributed by atoms with van der Waals surface area (Å²) in [6.45, 7) is 0. The molecular weight excluding hydrogens is 334 g/mol. The molecule has 0 unspecified atom stereocenters. The van der Waals surface area contributed by atoms with Crippen molar-refractivity contribution in [2.75, 3.05) is 6.26 Å². The molecule has 0 bridgehead atoms. The minimum atomic E-state index is -3.20. The summed E-state index contributed by atoms with van der Waals surface area (Å²) in [6.07, 6.45) is 8.57. The lowest BCUT2D eigenvalue weighted by molar-refractivity contribution is 0.602. The Hall–Kier alpha value is -2.99. The minimum absolute atomic E-state index is 0.307. The molecule has 0 radical (unpaired) electrons. The number of imidazole rings is 1. The lowest BCUT2D eigenvalue weighted by Crippen LogP contribution is -1.96. The minimum Gasteiger partial charge on any atom is -0.299 e. The predicted octanol–water partition coefficient (Wildman–Crippen LogP) is 3.47. The average Bonchev–Trinajstić information content (AvgIpc) is 3.05. The second kappa shape index (κ2) is 5.82. The van der Waals surface area contributed by atoms with E-state index >= 15 is 0 Å². The van der Waals surface area contributed by atoms with E-state index in [1.165, 1.54) is 6.26 Å². The van der Waals surface area contributed by atoms with Gasteiger partial charge in [-0.1, -0.05) is 18.2 Å². The summed E-state index contributed by atoms with van der Waals surface area (Å²) in [5.74, 6) is 0. The van der Waals surface area contributed by atoms with Crippen molar-refractivity contribution >= 4 is 15.5 Å². The molecule has 25 heavy (non-hydrogen) atoms. The number of sulfone groups is 1. The van der Waals surface area contributed by atoms with Gasteiger partial charge >= 0.3 is 0 Å². The van der Waals surface area contributed by atoms with Gasteiger partial charge in [0.05, 0.1) is 16.8 Å². The molecule has 0 amide bonds. The van der Waals surface area contributed by atoms with Crippen LogP contribution in [-0.2, 0) is 9.84 Å². The smallest absolute Gasteiger partial charge is 0.175 e. The Morgan fingerprint density at radius 1 is 0.880 bits per heavy atom. The SMILES string of the molecule is CS(=O)(=O)c1ccc(-c2cnc3ccc(-c4cccnc4)cn23)cc1. The third-order valence-electron chi connectivity index (χ3n) is 4.08. The molecule has 0 aliphatic rings. The van der Waals surface area contributed by atoms with Crippen LogP contribution in [-0.4, -0.2) is 29.0 Å². The van der Waals surface area contributed by atoms with Crippen molar-refractivity contribution in [3.8, 4) is 22.4 Å². The van der Waals surface area contributed by atoms with E-state index in [-0.39, 0.29) is 0 Å². The first-order valence-electron chi connectivity index (χ1n) is 7.70. The molecule has 4 aromatic rings. The summed E-state index contributed by atoms with van der Waals surface area (Å²) in [5, 5.41) is 0. The molecule has 0 aliphatic carbocycles. The van der Waals surface area contributed by atoms with Crippen molar-refractivity contribution in [2.45, 2.75) is 4.90 Å². The maximum Gasteiger partial charge on any atom is 0.175 e. The van der Waals surface area contributed by atoms with Crippen LogP contribution in [0.4, 0.5) is 0 Å². The van der Waals surface area contributed by atoms with Crippen LogP contribution < -0.4 is 0 Å². The highest BCUT2D eigenvalue weighted by Crippen LogP contribution is 2.25. The molecule has 0 aliphatic heterocycles. The van der Waals surface area contributed by atoms with Crippen LogP contribution in [0.15, 0.2) is 78.2 Å². The van der Waals surface area contributed by atoms with Crippen LogP contribution in [0.25, 0.3) is 28.0 Å².